The molecule has 1 aliphatic carbocycles. The summed E-state index contributed by atoms with van der Waals surface area (Å²) in [4.78, 5) is 11.4. The monoisotopic (exact) mass is 226 g/mol. The molecule has 2 aliphatic rings. The summed E-state index contributed by atoms with van der Waals surface area (Å²) in [6.07, 6.45) is 4.88. The smallest absolute Gasteiger partial charge is 0.234 e. The number of ether oxygens (including phenoxy) is 1. The number of rotatable bonds is 6. The Kier molecular flexibility index (Phi) is 4.18. The van der Waals surface area contributed by atoms with Crippen molar-refractivity contribution >= 4 is 5.91 Å². The standard InChI is InChI=1S/C12H22N2O2/c1-2-11-9(5-6-16-11)7-13-8-12(15)14-10-3-4-10/h9-11,13H,2-8H2,1H3,(H,14,15). The Hall–Kier alpha value is -0.610. The maximum Gasteiger partial charge on any atom is 0.234 e. The molecule has 2 unspecified atom stereocenters. The lowest BCUT2D eigenvalue weighted by molar-refractivity contribution is -0.120. The third kappa shape index (κ3) is 3.46. The molecule has 1 saturated carbocycles. The van der Waals surface area contributed by atoms with Crippen LogP contribution in [0.3, 0.4) is 0 Å². The van der Waals surface area contributed by atoms with Crippen molar-refractivity contribution in [2.75, 3.05) is 19.7 Å². The van der Waals surface area contributed by atoms with E-state index in [0.717, 1.165) is 38.8 Å². The fraction of sp³-hybridized carbons (Fsp3) is 0.917. The van der Waals surface area contributed by atoms with Gasteiger partial charge < -0.3 is 15.4 Å². The zero-order chi connectivity index (χ0) is 11.4. The first-order valence-electron chi connectivity index (χ1n) is 6.41. The predicted molar refractivity (Wildman–Crippen MR) is 62.2 cm³/mol. The van der Waals surface area contributed by atoms with Gasteiger partial charge in [0.05, 0.1) is 12.6 Å². The molecule has 0 aromatic heterocycles. The zero-order valence-electron chi connectivity index (χ0n) is 10.00. The highest BCUT2D eigenvalue weighted by Crippen LogP contribution is 2.22. The molecule has 1 aliphatic heterocycles. The topological polar surface area (TPSA) is 50.4 Å². The fourth-order valence-electron chi connectivity index (χ4n) is 2.25. The van der Waals surface area contributed by atoms with Crippen LogP contribution in [0.15, 0.2) is 0 Å². The van der Waals surface area contributed by atoms with Crippen LogP contribution in [0.4, 0.5) is 0 Å². The lowest BCUT2D eigenvalue weighted by Gasteiger charge is -2.17. The molecular weight excluding hydrogens is 204 g/mol. The molecule has 0 aromatic carbocycles. The Balaban J connectivity index is 1.57. The van der Waals surface area contributed by atoms with Crippen molar-refractivity contribution in [3.8, 4) is 0 Å². The van der Waals surface area contributed by atoms with Gasteiger partial charge >= 0.3 is 0 Å². The highest BCUT2D eigenvalue weighted by atomic mass is 16.5. The van der Waals surface area contributed by atoms with Crippen molar-refractivity contribution in [3.63, 3.8) is 0 Å². The van der Waals surface area contributed by atoms with E-state index in [1.807, 2.05) is 0 Å². The molecule has 2 atom stereocenters. The molecule has 0 radical (unpaired) electrons. The van der Waals surface area contributed by atoms with Crippen LogP contribution in [-0.4, -0.2) is 37.7 Å². The van der Waals surface area contributed by atoms with Crippen molar-refractivity contribution in [3.05, 3.63) is 0 Å². The van der Waals surface area contributed by atoms with E-state index in [1.165, 1.54) is 0 Å². The van der Waals surface area contributed by atoms with Crippen LogP contribution in [0.1, 0.15) is 32.6 Å². The van der Waals surface area contributed by atoms with E-state index in [2.05, 4.69) is 17.6 Å². The molecule has 1 heterocycles. The molecule has 1 amide bonds. The SMILES string of the molecule is CCC1OCCC1CNCC(=O)NC1CC1. The van der Waals surface area contributed by atoms with E-state index in [9.17, 15) is 4.79 Å². The van der Waals surface area contributed by atoms with E-state index >= 15 is 0 Å². The summed E-state index contributed by atoms with van der Waals surface area (Å²) < 4.78 is 5.61. The molecule has 2 N–H and O–H groups in total. The van der Waals surface area contributed by atoms with Gasteiger partial charge in [0.1, 0.15) is 0 Å². The van der Waals surface area contributed by atoms with Crippen LogP contribution in [0.25, 0.3) is 0 Å². The summed E-state index contributed by atoms with van der Waals surface area (Å²) in [6.45, 7) is 4.38. The van der Waals surface area contributed by atoms with Gasteiger partial charge in [0, 0.05) is 19.2 Å². The molecule has 16 heavy (non-hydrogen) atoms. The number of carbonyl (C=O) groups is 1. The highest BCUT2D eigenvalue weighted by Gasteiger charge is 2.27. The number of carbonyl (C=O) groups excluding carboxylic acids is 1. The van der Waals surface area contributed by atoms with Gasteiger partial charge in [-0.25, -0.2) is 0 Å². The summed E-state index contributed by atoms with van der Waals surface area (Å²) in [6, 6.07) is 0.465. The third-order valence-corrected chi connectivity index (χ3v) is 3.38. The van der Waals surface area contributed by atoms with Crippen molar-refractivity contribution in [2.24, 2.45) is 5.92 Å². The van der Waals surface area contributed by atoms with Crippen LogP contribution in [0.5, 0.6) is 0 Å². The van der Waals surface area contributed by atoms with Gasteiger partial charge in [-0.3, -0.25) is 4.79 Å². The van der Waals surface area contributed by atoms with E-state index in [4.69, 9.17) is 4.74 Å². The Bertz CT molecular complexity index is 241. The van der Waals surface area contributed by atoms with Gasteiger partial charge in [-0.1, -0.05) is 6.92 Å². The van der Waals surface area contributed by atoms with Gasteiger partial charge in [0.25, 0.3) is 0 Å². The first kappa shape index (κ1) is 11.9. The van der Waals surface area contributed by atoms with Gasteiger partial charge in [-0.05, 0) is 31.6 Å². The third-order valence-electron chi connectivity index (χ3n) is 3.38. The Morgan fingerprint density at radius 1 is 1.38 bits per heavy atom. The van der Waals surface area contributed by atoms with Gasteiger partial charge in [-0.2, -0.15) is 0 Å². The molecule has 4 nitrogen and oxygen atoms in total. The predicted octanol–water partition coefficient (Wildman–Crippen LogP) is 0.670. The van der Waals surface area contributed by atoms with Crippen molar-refractivity contribution in [1.82, 2.24) is 10.6 Å². The highest BCUT2D eigenvalue weighted by molar-refractivity contribution is 5.78. The molecule has 0 aromatic rings. The average Bonchev–Trinajstić information content (AvgIpc) is 2.96. The summed E-state index contributed by atoms with van der Waals surface area (Å²) in [5.41, 5.74) is 0. The van der Waals surface area contributed by atoms with Gasteiger partial charge in [-0.15, -0.1) is 0 Å². The maximum absolute atomic E-state index is 11.4. The molecule has 2 fully saturated rings. The second-order valence-electron chi connectivity index (χ2n) is 4.84. The van der Waals surface area contributed by atoms with Crippen LogP contribution in [0.2, 0.25) is 0 Å². The quantitative estimate of drug-likeness (QED) is 0.700. The van der Waals surface area contributed by atoms with E-state index in [0.29, 0.717) is 24.6 Å². The summed E-state index contributed by atoms with van der Waals surface area (Å²) in [5.74, 6) is 0.716. The lowest BCUT2D eigenvalue weighted by Crippen LogP contribution is -2.38. The van der Waals surface area contributed by atoms with E-state index < -0.39 is 0 Å². The van der Waals surface area contributed by atoms with E-state index in [1.54, 1.807) is 0 Å². The van der Waals surface area contributed by atoms with Crippen molar-refractivity contribution < 1.29 is 9.53 Å². The molecular formula is C12H22N2O2. The lowest BCUT2D eigenvalue weighted by atomic mass is 10.00. The fourth-order valence-corrected chi connectivity index (χ4v) is 2.25. The van der Waals surface area contributed by atoms with E-state index in [-0.39, 0.29) is 5.91 Å². The minimum absolute atomic E-state index is 0.134. The Morgan fingerprint density at radius 3 is 2.88 bits per heavy atom. The minimum atomic E-state index is 0.134. The summed E-state index contributed by atoms with van der Waals surface area (Å²) >= 11 is 0. The molecule has 0 bridgehead atoms. The average molecular weight is 226 g/mol. The van der Waals surface area contributed by atoms with Crippen LogP contribution < -0.4 is 10.6 Å². The van der Waals surface area contributed by atoms with Crippen LogP contribution >= 0.6 is 0 Å². The Morgan fingerprint density at radius 2 is 2.19 bits per heavy atom. The molecule has 0 spiro atoms. The normalized spacial score (nSPS) is 29.3. The summed E-state index contributed by atoms with van der Waals surface area (Å²) in [5, 5.41) is 6.20. The molecule has 1 saturated heterocycles. The van der Waals surface area contributed by atoms with Gasteiger partial charge in [0.2, 0.25) is 5.91 Å². The first-order chi connectivity index (χ1) is 7.79. The Labute approximate surface area is 97.1 Å². The maximum atomic E-state index is 11.4. The number of nitrogens with one attached hydrogen (secondary N) is 2. The molecule has 92 valence electrons. The zero-order valence-corrected chi connectivity index (χ0v) is 10.00. The largest absolute Gasteiger partial charge is 0.378 e. The summed E-state index contributed by atoms with van der Waals surface area (Å²) in [7, 11) is 0. The number of hydrogen-bond acceptors (Lipinski definition) is 3. The van der Waals surface area contributed by atoms with Crippen molar-refractivity contribution in [1.29, 1.82) is 0 Å². The first-order valence-corrected chi connectivity index (χ1v) is 6.41. The van der Waals surface area contributed by atoms with Crippen LogP contribution in [-0.2, 0) is 9.53 Å². The molecule has 2 rings (SSSR count). The van der Waals surface area contributed by atoms with Crippen LogP contribution in [0, 0.1) is 5.92 Å². The number of hydrogen-bond donors (Lipinski definition) is 2. The second kappa shape index (κ2) is 5.64. The van der Waals surface area contributed by atoms with Crippen molar-refractivity contribution in [2.45, 2.75) is 44.8 Å². The second-order valence-corrected chi connectivity index (χ2v) is 4.84. The van der Waals surface area contributed by atoms with Gasteiger partial charge in [0.15, 0.2) is 0 Å². The number of amides is 1. The molecule has 4 heteroatoms. The minimum Gasteiger partial charge on any atom is -0.378 e.